The van der Waals surface area contributed by atoms with Gasteiger partial charge in [-0.3, -0.25) is 0 Å². The molecule has 90 valence electrons. The van der Waals surface area contributed by atoms with E-state index < -0.39 is 11.7 Å². The fraction of sp³-hybridized carbons (Fsp3) is 1.00. The second-order valence-corrected chi connectivity index (χ2v) is 4.06. The Morgan fingerprint density at radius 2 is 2.13 bits per heavy atom. The molecule has 2 unspecified atom stereocenters. The lowest BCUT2D eigenvalue weighted by Gasteiger charge is -2.42. The molecule has 0 radical (unpaired) electrons. The van der Waals surface area contributed by atoms with Crippen LogP contribution in [0.25, 0.3) is 0 Å². The van der Waals surface area contributed by atoms with Crippen LogP contribution < -0.4 is 5.32 Å². The van der Waals surface area contributed by atoms with Crippen molar-refractivity contribution in [3.63, 3.8) is 0 Å². The summed E-state index contributed by atoms with van der Waals surface area (Å²) in [6.07, 6.45) is -3.00. The highest BCUT2D eigenvalue weighted by Gasteiger charge is 2.55. The topological polar surface area (TPSA) is 21.3 Å². The van der Waals surface area contributed by atoms with Gasteiger partial charge in [-0.05, 0) is 25.8 Å². The number of alkyl halides is 3. The van der Waals surface area contributed by atoms with Gasteiger partial charge in [-0.1, -0.05) is 6.92 Å². The monoisotopic (exact) mass is 225 g/mol. The average molecular weight is 225 g/mol. The molecule has 1 saturated carbocycles. The van der Waals surface area contributed by atoms with Crippen LogP contribution in [0.5, 0.6) is 0 Å². The van der Waals surface area contributed by atoms with Gasteiger partial charge in [0.05, 0.1) is 6.10 Å². The first kappa shape index (κ1) is 12.8. The van der Waals surface area contributed by atoms with Crippen molar-refractivity contribution in [2.75, 3.05) is 13.7 Å². The van der Waals surface area contributed by atoms with Crippen LogP contribution in [-0.4, -0.2) is 31.5 Å². The van der Waals surface area contributed by atoms with E-state index in [0.717, 1.165) is 6.42 Å². The van der Waals surface area contributed by atoms with E-state index in [1.54, 1.807) is 6.92 Å². The Bertz CT molecular complexity index is 203. The van der Waals surface area contributed by atoms with Crippen LogP contribution in [0.1, 0.15) is 32.6 Å². The third kappa shape index (κ3) is 2.64. The Morgan fingerprint density at radius 3 is 2.60 bits per heavy atom. The van der Waals surface area contributed by atoms with Gasteiger partial charge < -0.3 is 10.1 Å². The van der Waals surface area contributed by atoms with Gasteiger partial charge in [-0.25, -0.2) is 0 Å². The molecule has 0 heterocycles. The molecule has 0 aromatic heterocycles. The first-order valence-corrected chi connectivity index (χ1v) is 5.30. The van der Waals surface area contributed by atoms with Crippen molar-refractivity contribution in [1.82, 2.24) is 5.32 Å². The Labute approximate surface area is 88.2 Å². The molecule has 0 aromatic carbocycles. The molecular weight excluding hydrogens is 207 g/mol. The maximum absolute atomic E-state index is 13.0. The van der Waals surface area contributed by atoms with E-state index >= 15 is 0 Å². The van der Waals surface area contributed by atoms with Gasteiger partial charge in [0.1, 0.15) is 5.54 Å². The molecule has 0 aromatic rings. The van der Waals surface area contributed by atoms with E-state index in [1.807, 2.05) is 0 Å². The highest BCUT2D eigenvalue weighted by molar-refractivity contribution is 4.99. The lowest BCUT2D eigenvalue weighted by molar-refractivity contribution is -0.214. The number of halogens is 3. The standard InChI is InChI=1S/C10H18F3NO/c1-3-14-9(10(11,12)13)6-4-5-8(7-9)15-2/h8,14H,3-7H2,1-2H3. The van der Waals surface area contributed by atoms with Gasteiger partial charge in [0.2, 0.25) is 0 Å². The zero-order valence-corrected chi connectivity index (χ0v) is 9.16. The Morgan fingerprint density at radius 1 is 1.47 bits per heavy atom. The summed E-state index contributed by atoms with van der Waals surface area (Å²) in [6, 6.07) is 0. The molecule has 2 atom stereocenters. The van der Waals surface area contributed by atoms with Crippen molar-refractivity contribution in [2.45, 2.75) is 50.4 Å². The molecule has 1 fully saturated rings. The summed E-state index contributed by atoms with van der Waals surface area (Å²) >= 11 is 0. The molecule has 0 bridgehead atoms. The van der Waals surface area contributed by atoms with Crippen molar-refractivity contribution in [3.05, 3.63) is 0 Å². The molecule has 1 aliphatic rings. The summed E-state index contributed by atoms with van der Waals surface area (Å²) in [7, 11) is 1.48. The zero-order valence-electron chi connectivity index (χ0n) is 9.16. The summed E-state index contributed by atoms with van der Waals surface area (Å²) in [5.41, 5.74) is -1.74. The predicted molar refractivity (Wildman–Crippen MR) is 51.7 cm³/mol. The predicted octanol–water partition coefficient (Wildman–Crippen LogP) is 2.49. The van der Waals surface area contributed by atoms with E-state index in [4.69, 9.17) is 4.74 Å². The third-order valence-electron chi connectivity index (χ3n) is 3.10. The van der Waals surface area contributed by atoms with Gasteiger partial charge in [-0.15, -0.1) is 0 Å². The maximum atomic E-state index is 13.0. The molecule has 0 aliphatic heterocycles. The molecule has 15 heavy (non-hydrogen) atoms. The van der Waals surface area contributed by atoms with Crippen LogP contribution in [0, 0.1) is 0 Å². The summed E-state index contributed by atoms with van der Waals surface area (Å²) < 4.78 is 44.0. The molecule has 0 amide bonds. The van der Waals surface area contributed by atoms with Crippen molar-refractivity contribution in [1.29, 1.82) is 0 Å². The molecule has 5 heteroatoms. The van der Waals surface area contributed by atoms with E-state index in [-0.39, 0.29) is 18.9 Å². The van der Waals surface area contributed by atoms with Crippen molar-refractivity contribution in [3.8, 4) is 0 Å². The van der Waals surface area contributed by atoms with E-state index in [9.17, 15) is 13.2 Å². The second kappa shape index (κ2) is 4.70. The molecule has 0 saturated heterocycles. The number of methoxy groups -OCH3 is 1. The highest BCUT2D eigenvalue weighted by Crippen LogP contribution is 2.42. The molecule has 1 rings (SSSR count). The molecule has 0 spiro atoms. The summed E-state index contributed by atoms with van der Waals surface area (Å²) in [6.45, 7) is 2.03. The number of rotatable bonds is 3. The van der Waals surface area contributed by atoms with Gasteiger partial charge >= 0.3 is 6.18 Å². The minimum Gasteiger partial charge on any atom is -0.381 e. The largest absolute Gasteiger partial charge is 0.406 e. The first-order chi connectivity index (χ1) is 6.95. The fourth-order valence-electron chi connectivity index (χ4n) is 2.28. The number of hydrogen-bond acceptors (Lipinski definition) is 2. The van der Waals surface area contributed by atoms with Crippen molar-refractivity contribution in [2.24, 2.45) is 0 Å². The van der Waals surface area contributed by atoms with Crippen molar-refractivity contribution < 1.29 is 17.9 Å². The van der Waals surface area contributed by atoms with Crippen LogP contribution in [-0.2, 0) is 4.74 Å². The quantitative estimate of drug-likeness (QED) is 0.796. The number of nitrogens with one attached hydrogen (secondary N) is 1. The number of hydrogen-bond donors (Lipinski definition) is 1. The van der Waals surface area contributed by atoms with Gasteiger partial charge in [-0.2, -0.15) is 13.2 Å². The van der Waals surface area contributed by atoms with Crippen LogP contribution in [0.3, 0.4) is 0 Å². The normalized spacial score (nSPS) is 33.0. The third-order valence-corrected chi connectivity index (χ3v) is 3.10. The highest BCUT2D eigenvalue weighted by atomic mass is 19.4. The number of ether oxygens (including phenoxy) is 1. The maximum Gasteiger partial charge on any atom is 0.406 e. The van der Waals surface area contributed by atoms with E-state index in [2.05, 4.69) is 5.32 Å². The molecule has 1 aliphatic carbocycles. The van der Waals surface area contributed by atoms with Gasteiger partial charge in [0, 0.05) is 13.5 Å². The van der Waals surface area contributed by atoms with Crippen LogP contribution in [0.15, 0.2) is 0 Å². The van der Waals surface area contributed by atoms with Crippen LogP contribution in [0.4, 0.5) is 13.2 Å². The van der Waals surface area contributed by atoms with Crippen molar-refractivity contribution >= 4 is 0 Å². The van der Waals surface area contributed by atoms with E-state index in [0.29, 0.717) is 13.0 Å². The minimum atomic E-state index is -4.19. The van der Waals surface area contributed by atoms with Gasteiger partial charge in [0.15, 0.2) is 0 Å². The molecule has 2 nitrogen and oxygen atoms in total. The smallest absolute Gasteiger partial charge is 0.381 e. The minimum absolute atomic E-state index is 0.0286. The zero-order chi connectivity index (χ0) is 11.5. The lowest BCUT2D eigenvalue weighted by atomic mass is 9.79. The van der Waals surface area contributed by atoms with E-state index in [1.165, 1.54) is 7.11 Å². The lowest BCUT2D eigenvalue weighted by Crippen LogP contribution is -2.60. The Kier molecular flexibility index (Phi) is 4.00. The average Bonchev–Trinajstić information content (AvgIpc) is 2.17. The summed E-state index contributed by atoms with van der Waals surface area (Å²) in [5.74, 6) is 0. The first-order valence-electron chi connectivity index (χ1n) is 5.30. The molecular formula is C10H18F3NO. The molecule has 1 N–H and O–H groups in total. The van der Waals surface area contributed by atoms with Crippen LogP contribution >= 0.6 is 0 Å². The Balaban J connectivity index is 2.80. The Hall–Kier alpha value is -0.290. The fourth-order valence-corrected chi connectivity index (χ4v) is 2.28. The van der Waals surface area contributed by atoms with Gasteiger partial charge in [0.25, 0.3) is 0 Å². The summed E-state index contributed by atoms with van der Waals surface area (Å²) in [4.78, 5) is 0. The summed E-state index contributed by atoms with van der Waals surface area (Å²) in [5, 5.41) is 2.60. The second-order valence-electron chi connectivity index (χ2n) is 4.06. The van der Waals surface area contributed by atoms with Crippen LogP contribution in [0.2, 0.25) is 0 Å². The SMILES string of the molecule is CCNC1(C(F)(F)F)CCCC(OC)C1.